The van der Waals surface area contributed by atoms with E-state index in [0.29, 0.717) is 34.5 Å². The Morgan fingerprint density at radius 1 is 1.06 bits per heavy atom. The molecule has 0 atom stereocenters. The number of aromatic amines is 1. The molecule has 0 aliphatic rings. The number of benzene rings is 2. The zero-order valence-electron chi connectivity index (χ0n) is 18.3. The second kappa shape index (κ2) is 9.87. The van der Waals surface area contributed by atoms with E-state index in [-0.39, 0.29) is 30.1 Å². The first-order valence-electron chi connectivity index (χ1n) is 10.5. The van der Waals surface area contributed by atoms with Crippen LogP contribution in [0.25, 0.3) is 11.3 Å². The molecule has 0 saturated heterocycles. The van der Waals surface area contributed by atoms with E-state index in [4.69, 9.17) is 0 Å². The van der Waals surface area contributed by atoms with Crippen molar-refractivity contribution in [3.63, 3.8) is 0 Å². The minimum absolute atomic E-state index is 0.141. The second-order valence-electron chi connectivity index (χ2n) is 7.70. The molecule has 1 N–H and O–H groups in total. The Balaban J connectivity index is 1.59. The number of hydrogen-bond acceptors (Lipinski definition) is 5. The molecule has 0 aliphatic carbocycles. The number of rotatable bonds is 7. The molecule has 33 heavy (non-hydrogen) atoms. The molecule has 0 saturated carbocycles. The van der Waals surface area contributed by atoms with E-state index >= 15 is 0 Å². The maximum atomic E-state index is 13.3. The largest absolute Gasteiger partial charge is 0.311 e. The van der Waals surface area contributed by atoms with Crippen LogP contribution in [-0.4, -0.2) is 20.9 Å². The van der Waals surface area contributed by atoms with E-state index in [9.17, 15) is 14.0 Å². The van der Waals surface area contributed by atoms with Crippen LogP contribution < -0.4 is 10.5 Å². The van der Waals surface area contributed by atoms with Gasteiger partial charge in [0.25, 0.3) is 5.56 Å². The van der Waals surface area contributed by atoms with E-state index in [1.807, 2.05) is 35.7 Å². The molecule has 0 aliphatic heterocycles. The smallest absolute Gasteiger partial charge is 0.254 e. The Hall–Kier alpha value is -3.65. The lowest BCUT2D eigenvalue weighted by molar-refractivity contribution is -0.118. The number of amides is 1. The lowest BCUT2D eigenvalue weighted by atomic mass is 10.1. The number of thiazole rings is 1. The molecule has 0 radical (unpaired) electrons. The van der Waals surface area contributed by atoms with Crippen LogP contribution in [-0.2, 0) is 17.8 Å². The number of H-pyrrole nitrogens is 1. The first-order valence-corrected chi connectivity index (χ1v) is 11.4. The molecule has 6 nitrogen and oxygen atoms in total. The molecular formula is C25H23FN4O2S. The third kappa shape index (κ3) is 5.40. The van der Waals surface area contributed by atoms with Crippen LogP contribution in [0.3, 0.4) is 0 Å². The van der Waals surface area contributed by atoms with Crippen LogP contribution >= 0.6 is 11.3 Å². The van der Waals surface area contributed by atoms with Crippen LogP contribution in [0, 0.1) is 19.7 Å². The van der Waals surface area contributed by atoms with Gasteiger partial charge in [0.05, 0.1) is 12.2 Å². The van der Waals surface area contributed by atoms with Gasteiger partial charge < -0.3 is 4.98 Å². The van der Waals surface area contributed by atoms with Gasteiger partial charge in [0.1, 0.15) is 11.6 Å². The van der Waals surface area contributed by atoms with Crippen molar-refractivity contribution in [3.8, 4) is 11.3 Å². The van der Waals surface area contributed by atoms with Gasteiger partial charge in [0.15, 0.2) is 5.13 Å². The predicted octanol–water partition coefficient (Wildman–Crippen LogP) is 4.82. The van der Waals surface area contributed by atoms with Gasteiger partial charge in [-0.15, -0.1) is 11.3 Å². The number of aryl methyl sites for hydroxylation is 2. The molecule has 1 amide bonds. The Labute approximate surface area is 194 Å². The van der Waals surface area contributed by atoms with Gasteiger partial charge in [-0.3, -0.25) is 14.5 Å². The lowest BCUT2D eigenvalue weighted by Gasteiger charge is -2.20. The lowest BCUT2D eigenvalue weighted by Crippen LogP contribution is -2.31. The monoisotopic (exact) mass is 462 g/mol. The van der Waals surface area contributed by atoms with E-state index in [2.05, 4.69) is 15.0 Å². The van der Waals surface area contributed by atoms with E-state index in [1.54, 1.807) is 30.9 Å². The Morgan fingerprint density at radius 3 is 2.48 bits per heavy atom. The highest BCUT2D eigenvalue weighted by Gasteiger charge is 2.21. The number of carbonyl (C=O) groups is 1. The first kappa shape index (κ1) is 22.5. The molecular weight excluding hydrogens is 439 g/mol. The van der Waals surface area contributed by atoms with Crippen molar-refractivity contribution in [3.05, 3.63) is 98.8 Å². The summed E-state index contributed by atoms with van der Waals surface area (Å²) in [6, 6.07) is 15.8. The SMILES string of the molecule is Cc1nc(C)c(CCC(=O)N(Cc2ccccc2)c2nc(-c3ccc(F)cc3)cs2)c(=O)[nH]1. The fraction of sp³-hybridized carbons (Fsp3) is 0.200. The summed E-state index contributed by atoms with van der Waals surface area (Å²) in [6.07, 6.45) is 0.432. The molecule has 0 bridgehead atoms. The highest BCUT2D eigenvalue weighted by Crippen LogP contribution is 2.29. The van der Waals surface area contributed by atoms with Crippen molar-refractivity contribution in [2.75, 3.05) is 4.90 Å². The van der Waals surface area contributed by atoms with Gasteiger partial charge in [0.2, 0.25) is 5.91 Å². The van der Waals surface area contributed by atoms with Crippen molar-refractivity contribution < 1.29 is 9.18 Å². The van der Waals surface area contributed by atoms with Crippen LogP contribution in [0.15, 0.2) is 64.8 Å². The normalized spacial score (nSPS) is 10.9. The van der Waals surface area contributed by atoms with Crippen LogP contribution in [0.1, 0.15) is 29.1 Å². The van der Waals surface area contributed by atoms with Gasteiger partial charge >= 0.3 is 0 Å². The highest BCUT2D eigenvalue weighted by atomic mass is 32.1. The summed E-state index contributed by atoms with van der Waals surface area (Å²) in [5.74, 6) is 0.0959. The minimum Gasteiger partial charge on any atom is -0.311 e. The maximum Gasteiger partial charge on any atom is 0.254 e. The van der Waals surface area contributed by atoms with Crippen molar-refractivity contribution in [1.82, 2.24) is 15.0 Å². The second-order valence-corrected chi connectivity index (χ2v) is 8.54. The number of nitrogens with one attached hydrogen (secondary N) is 1. The third-order valence-corrected chi connectivity index (χ3v) is 6.14. The Morgan fingerprint density at radius 2 is 1.79 bits per heavy atom. The van der Waals surface area contributed by atoms with Crippen molar-refractivity contribution in [1.29, 1.82) is 0 Å². The van der Waals surface area contributed by atoms with Gasteiger partial charge in [-0.05, 0) is 50.1 Å². The molecule has 2 heterocycles. The number of halogens is 1. The molecule has 8 heteroatoms. The molecule has 168 valence electrons. The molecule has 0 fully saturated rings. The van der Waals surface area contributed by atoms with E-state index in [0.717, 1.165) is 11.1 Å². The summed E-state index contributed by atoms with van der Waals surface area (Å²) >= 11 is 1.35. The van der Waals surface area contributed by atoms with Gasteiger partial charge in [-0.2, -0.15) is 0 Å². The number of hydrogen-bond donors (Lipinski definition) is 1. The van der Waals surface area contributed by atoms with Crippen LogP contribution in [0.5, 0.6) is 0 Å². The van der Waals surface area contributed by atoms with Crippen LogP contribution in [0.4, 0.5) is 9.52 Å². The predicted molar refractivity (Wildman–Crippen MR) is 128 cm³/mol. The zero-order valence-corrected chi connectivity index (χ0v) is 19.2. The zero-order chi connectivity index (χ0) is 23.4. The fourth-order valence-corrected chi connectivity index (χ4v) is 4.43. The number of aromatic nitrogens is 3. The minimum atomic E-state index is -0.314. The summed E-state index contributed by atoms with van der Waals surface area (Å²) in [7, 11) is 0. The Kier molecular flexibility index (Phi) is 6.74. The summed E-state index contributed by atoms with van der Waals surface area (Å²) in [6.45, 7) is 3.86. The summed E-state index contributed by atoms with van der Waals surface area (Å²) < 4.78 is 13.3. The topological polar surface area (TPSA) is 79.0 Å². The van der Waals surface area contributed by atoms with Gasteiger partial charge in [0, 0.05) is 28.6 Å². The molecule has 0 unspecified atom stereocenters. The maximum absolute atomic E-state index is 13.3. The van der Waals surface area contributed by atoms with Gasteiger partial charge in [-0.25, -0.2) is 14.4 Å². The number of anilines is 1. The molecule has 4 rings (SSSR count). The molecule has 4 aromatic rings. The van der Waals surface area contributed by atoms with Crippen molar-refractivity contribution >= 4 is 22.4 Å². The number of carbonyl (C=O) groups excluding carboxylic acids is 1. The molecule has 2 aromatic heterocycles. The summed E-state index contributed by atoms with van der Waals surface area (Å²) in [5.41, 5.74) is 3.35. The average molecular weight is 463 g/mol. The van der Waals surface area contributed by atoms with Crippen molar-refractivity contribution in [2.24, 2.45) is 0 Å². The molecule has 0 spiro atoms. The summed E-state index contributed by atoms with van der Waals surface area (Å²) in [4.78, 5) is 38.9. The Bertz CT molecular complexity index is 1320. The summed E-state index contributed by atoms with van der Waals surface area (Å²) in [5, 5.41) is 2.41. The third-order valence-electron chi connectivity index (χ3n) is 5.28. The standard InChI is InChI=1S/C25H23FN4O2S/c1-16-21(24(32)28-17(2)27-16)12-13-23(31)30(14-18-6-4-3-5-7-18)25-29-22(15-33-25)19-8-10-20(26)11-9-19/h3-11,15H,12-14H2,1-2H3,(H,27,28,32). The fourth-order valence-electron chi connectivity index (χ4n) is 3.58. The number of nitrogens with zero attached hydrogens (tertiary/aromatic N) is 3. The van der Waals surface area contributed by atoms with Crippen molar-refractivity contribution in [2.45, 2.75) is 33.2 Å². The first-order chi connectivity index (χ1) is 15.9. The quantitative estimate of drug-likeness (QED) is 0.427. The van der Waals surface area contributed by atoms with E-state index < -0.39 is 0 Å². The average Bonchev–Trinajstić information content (AvgIpc) is 3.27. The van der Waals surface area contributed by atoms with E-state index in [1.165, 1.54) is 23.5 Å². The van der Waals surface area contributed by atoms with Crippen LogP contribution in [0.2, 0.25) is 0 Å². The molecule has 2 aromatic carbocycles. The van der Waals surface area contributed by atoms with Gasteiger partial charge in [-0.1, -0.05) is 30.3 Å². The highest BCUT2D eigenvalue weighted by molar-refractivity contribution is 7.14.